The highest BCUT2D eigenvalue weighted by atomic mass is 16.1. The zero-order valence-electron chi connectivity index (χ0n) is 17.1. The monoisotopic (exact) mass is 394 g/mol. The fraction of sp³-hybridized carbons (Fsp3) is 0.154. The summed E-state index contributed by atoms with van der Waals surface area (Å²) < 4.78 is 0. The van der Waals surface area contributed by atoms with Crippen LogP contribution in [0.25, 0.3) is 43.1 Å². The average Bonchev–Trinajstić information content (AvgIpc) is 2.72. The molecule has 0 heterocycles. The highest BCUT2D eigenvalue weighted by Crippen LogP contribution is 2.22. The number of rotatable bonds is 0. The summed E-state index contributed by atoms with van der Waals surface area (Å²) in [6, 6.07) is 9.76. The maximum atomic E-state index is 13.2. The topological polar surface area (TPSA) is 68.3 Å². The molecule has 5 aromatic carbocycles. The summed E-state index contributed by atoms with van der Waals surface area (Å²) >= 11 is 0. The van der Waals surface area contributed by atoms with Crippen LogP contribution >= 0.6 is 0 Å². The van der Waals surface area contributed by atoms with Crippen molar-refractivity contribution in [2.75, 3.05) is 0 Å². The van der Waals surface area contributed by atoms with Gasteiger partial charge < -0.3 is 0 Å². The molecule has 5 rings (SSSR count). The first-order chi connectivity index (χ1) is 14.2. The third-order valence-corrected chi connectivity index (χ3v) is 6.38. The highest BCUT2D eigenvalue weighted by molar-refractivity contribution is 6.07. The van der Waals surface area contributed by atoms with Crippen molar-refractivity contribution < 1.29 is 0 Å². The SMILES string of the molecule is Cc1cc2c(=O)c3cc4c(=O)c5cc(C)c(C)cc5c(=O)c4cc3c(=O)c2cc1C. The lowest BCUT2D eigenvalue weighted by Gasteiger charge is -2.08. The molecule has 0 aliphatic rings. The molecule has 0 radical (unpaired) electrons. The first kappa shape index (κ1) is 18.4. The van der Waals surface area contributed by atoms with Crippen molar-refractivity contribution in [3.8, 4) is 0 Å². The third kappa shape index (κ3) is 2.28. The van der Waals surface area contributed by atoms with Crippen molar-refractivity contribution in [3.63, 3.8) is 0 Å². The second kappa shape index (κ2) is 5.92. The van der Waals surface area contributed by atoms with Crippen LogP contribution in [0.4, 0.5) is 0 Å². The maximum Gasteiger partial charge on any atom is 0.194 e. The Labute approximate surface area is 170 Å². The van der Waals surface area contributed by atoms with Gasteiger partial charge in [0.15, 0.2) is 21.7 Å². The minimum Gasteiger partial charge on any atom is -0.289 e. The van der Waals surface area contributed by atoms with E-state index in [1.807, 2.05) is 27.7 Å². The Bertz CT molecular complexity index is 1540. The predicted molar refractivity (Wildman–Crippen MR) is 123 cm³/mol. The average molecular weight is 394 g/mol. The lowest BCUT2D eigenvalue weighted by Crippen LogP contribution is -2.17. The van der Waals surface area contributed by atoms with E-state index in [2.05, 4.69) is 0 Å². The number of benzene rings is 5. The number of hydrogen-bond acceptors (Lipinski definition) is 4. The second-order valence-corrected chi connectivity index (χ2v) is 8.22. The Morgan fingerprint density at radius 1 is 0.333 bits per heavy atom. The molecule has 0 bridgehead atoms. The Morgan fingerprint density at radius 3 is 0.700 bits per heavy atom. The van der Waals surface area contributed by atoms with E-state index >= 15 is 0 Å². The van der Waals surface area contributed by atoms with Crippen molar-refractivity contribution in [3.05, 3.63) is 99.5 Å². The maximum absolute atomic E-state index is 13.2. The van der Waals surface area contributed by atoms with Gasteiger partial charge in [-0.25, -0.2) is 0 Å². The first-order valence-electron chi connectivity index (χ1n) is 9.78. The van der Waals surface area contributed by atoms with E-state index in [4.69, 9.17) is 0 Å². The van der Waals surface area contributed by atoms with Crippen LogP contribution in [0, 0.1) is 27.7 Å². The van der Waals surface area contributed by atoms with Gasteiger partial charge >= 0.3 is 0 Å². The van der Waals surface area contributed by atoms with Gasteiger partial charge in [-0.1, -0.05) is 0 Å². The van der Waals surface area contributed by atoms with Gasteiger partial charge in [-0.2, -0.15) is 0 Å². The Balaban J connectivity index is 2.09. The van der Waals surface area contributed by atoms with Gasteiger partial charge in [0.25, 0.3) is 0 Å². The summed E-state index contributed by atoms with van der Waals surface area (Å²) in [4.78, 5) is 52.7. The molecule has 0 spiro atoms. The van der Waals surface area contributed by atoms with Crippen LogP contribution < -0.4 is 21.7 Å². The Kier molecular flexibility index (Phi) is 3.63. The van der Waals surface area contributed by atoms with Crippen LogP contribution in [-0.2, 0) is 0 Å². The molecular weight excluding hydrogens is 376 g/mol. The summed E-state index contributed by atoms with van der Waals surface area (Å²) in [6.45, 7) is 7.55. The minimum atomic E-state index is -0.295. The fourth-order valence-corrected chi connectivity index (χ4v) is 4.32. The van der Waals surface area contributed by atoms with Gasteiger partial charge in [0.2, 0.25) is 0 Å². The zero-order valence-corrected chi connectivity index (χ0v) is 17.1. The molecule has 0 saturated heterocycles. The molecule has 0 atom stereocenters. The third-order valence-electron chi connectivity index (χ3n) is 6.38. The number of fused-ring (bicyclic) bond motifs is 4. The number of aryl methyl sites for hydroxylation is 4. The summed E-state index contributed by atoms with van der Waals surface area (Å²) in [5.74, 6) is 0. The standard InChI is InChI=1S/C26H18O4/c1-11-5-15-16(6-12(11)2)24(28)20-10-22-21(9-19(20)23(15)27)25(29)17-7-13(3)14(4)8-18(17)26(22)30/h5-10H,1-4H3. The van der Waals surface area contributed by atoms with Crippen molar-refractivity contribution in [2.24, 2.45) is 0 Å². The van der Waals surface area contributed by atoms with Crippen molar-refractivity contribution in [1.29, 1.82) is 0 Å². The van der Waals surface area contributed by atoms with Gasteiger partial charge in [-0.15, -0.1) is 0 Å². The van der Waals surface area contributed by atoms with Crippen molar-refractivity contribution in [1.82, 2.24) is 0 Å². The summed E-state index contributed by atoms with van der Waals surface area (Å²) in [5, 5.41) is 2.11. The van der Waals surface area contributed by atoms with Gasteiger partial charge in [0.05, 0.1) is 0 Å². The molecular formula is C26H18O4. The zero-order chi connectivity index (χ0) is 21.5. The molecule has 0 unspecified atom stereocenters. The molecule has 0 saturated carbocycles. The molecule has 0 aliphatic carbocycles. The van der Waals surface area contributed by atoms with Crippen molar-refractivity contribution >= 4 is 43.1 Å². The molecule has 146 valence electrons. The van der Waals surface area contributed by atoms with Gasteiger partial charge in [-0.05, 0) is 86.3 Å². The van der Waals surface area contributed by atoms with Crippen LogP contribution in [0.1, 0.15) is 22.3 Å². The molecule has 5 aromatic rings. The predicted octanol–water partition coefficient (Wildman–Crippen LogP) is 3.85. The van der Waals surface area contributed by atoms with Gasteiger partial charge in [0, 0.05) is 43.1 Å². The first-order valence-corrected chi connectivity index (χ1v) is 9.78. The summed E-state index contributed by atoms with van der Waals surface area (Å²) in [5.41, 5.74) is 2.50. The molecule has 0 aliphatic heterocycles. The quantitative estimate of drug-likeness (QED) is 0.374. The van der Waals surface area contributed by atoms with Crippen molar-refractivity contribution in [2.45, 2.75) is 27.7 Å². The van der Waals surface area contributed by atoms with Crippen LogP contribution in [-0.4, -0.2) is 0 Å². The number of hydrogen-bond donors (Lipinski definition) is 0. The smallest absolute Gasteiger partial charge is 0.194 e. The van der Waals surface area contributed by atoms with E-state index in [1.54, 1.807) is 24.3 Å². The molecule has 0 N–H and O–H groups in total. The minimum absolute atomic E-state index is 0.183. The fourth-order valence-electron chi connectivity index (χ4n) is 4.32. The molecule has 30 heavy (non-hydrogen) atoms. The van der Waals surface area contributed by atoms with Crippen LogP contribution in [0.2, 0.25) is 0 Å². The lowest BCUT2D eigenvalue weighted by atomic mass is 9.93. The second-order valence-electron chi connectivity index (χ2n) is 8.22. The van der Waals surface area contributed by atoms with E-state index in [-0.39, 0.29) is 43.3 Å². The highest BCUT2D eigenvalue weighted by Gasteiger charge is 2.17. The van der Waals surface area contributed by atoms with E-state index in [0.29, 0.717) is 21.5 Å². The summed E-state index contributed by atoms with van der Waals surface area (Å²) in [7, 11) is 0. The Hall–Kier alpha value is -3.66. The molecule has 4 heteroatoms. The Morgan fingerprint density at radius 2 is 0.500 bits per heavy atom. The van der Waals surface area contributed by atoms with Gasteiger partial charge in [-0.3, -0.25) is 19.2 Å². The largest absolute Gasteiger partial charge is 0.289 e. The molecule has 0 aromatic heterocycles. The summed E-state index contributed by atoms with van der Waals surface area (Å²) in [6.07, 6.45) is 0. The normalized spacial score (nSPS) is 11.9. The lowest BCUT2D eigenvalue weighted by molar-refractivity contribution is 1.36. The molecule has 0 fully saturated rings. The van der Waals surface area contributed by atoms with Crippen LogP contribution in [0.3, 0.4) is 0 Å². The van der Waals surface area contributed by atoms with Crippen LogP contribution in [0.15, 0.2) is 55.6 Å². The molecule has 4 nitrogen and oxygen atoms in total. The van der Waals surface area contributed by atoms with E-state index in [0.717, 1.165) is 22.3 Å². The van der Waals surface area contributed by atoms with Gasteiger partial charge in [0.1, 0.15) is 0 Å². The van der Waals surface area contributed by atoms with E-state index in [9.17, 15) is 19.2 Å². The van der Waals surface area contributed by atoms with Crippen LogP contribution in [0.5, 0.6) is 0 Å². The van der Waals surface area contributed by atoms with E-state index in [1.165, 1.54) is 12.1 Å². The molecule has 0 amide bonds. The van der Waals surface area contributed by atoms with E-state index < -0.39 is 0 Å².